The summed E-state index contributed by atoms with van der Waals surface area (Å²) in [6.07, 6.45) is 0. The zero-order chi connectivity index (χ0) is 15.3. The number of ether oxygens (including phenoxy) is 2. The van der Waals surface area contributed by atoms with Crippen LogP contribution >= 0.6 is 23.5 Å². The van der Waals surface area contributed by atoms with Crippen molar-refractivity contribution in [3.63, 3.8) is 0 Å². The molecule has 0 N–H and O–H groups in total. The molecule has 1 rings (SSSR count). The molecule has 0 aromatic heterocycles. The molecule has 0 aromatic carbocycles. The summed E-state index contributed by atoms with van der Waals surface area (Å²) in [6.45, 7) is 11.7. The molecule has 1 heterocycles. The van der Waals surface area contributed by atoms with E-state index in [1.165, 1.54) is 23.5 Å². The van der Waals surface area contributed by atoms with Crippen molar-refractivity contribution in [2.24, 2.45) is 0 Å². The maximum absolute atomic E-state index is 12.3. The van der Waals surface area contributed by atoms with Gasteiger partial charge in [0.25, 0.3) is 0 Å². The van der Waals surface area contributed by atoms with Crippen molar-refractivity contribution in [1.29, 1.82) is 0 Å². The van der Waals surface area contributed by atoms with Gasteiger partial charge in [-0.05, 0) is 38.8 Å². The van der Waals surface area contributed by atoms with Gasteiger partial charge in [-0.1, -0.05) is 18.3 Å². The minimum absolute atomic E-state index is 0.298. The van der Waals surface area contributed by atoms with Crippen LogP contribution in [0.5, 0.6) is 0 Å². The highest BCUT2D eigenvalue weighted by Crippen LogP contribution is 2.52. The zero-order valence-corrected chi connectivity index (χ0v) is 13.9. The van der Waals surface area contributed by atoms with E-state index in [0.29, 0.717) is 29.4 Å². The first kappa shape index (κ1) is 17.2. The molecule has 0 amide bonds. The van der Waals surface area contributed by atoms with Crippen LogP contribution < -0.4 is 0 Å². The third kappa shape index (κ3) is 3.41. The first-order chi connectivity index (χ1) is 9.39. The van der Waals surface area contributed by atoms with Crippen molar-refractivity contribution in [1.82, 2.24) is 0 Å². The Morgan fingerprint density at radius 1 is 1.30 bits per heavy atom. The summed E-state index contributed by atoms with van der Waals surface area (Å²) in [4.78, 5) is 24.8. The van der Waals surface area contributed by atoms with Crippen LogP contribution in [0.4, 0.5) is 0 Å². The lowest BCUT2D eigenvalue weighted by molar-refractivity contribution is -0.142. The number of hydrogen-bond acceptors (Lipinski definition) is 6. The summed E-state index contributed by atoms with van der Waals surface area (Å²) < 4.78 is 9.25. The van der Waals surface area contributed by atoms with Crippen molar-refractivity contribution in [3.8, 4) is 0 Å². The Balaban J connectivity index is 3.11. The number of thioether (sulfide) groups is 2. The maximum atomic E-state index is 12.3. The lowest BCUT2D eigenvalue weighted by Gasteiger charge is -2.34. The molecule has 0 spiro atoms. The zero-order valence-electron chi connectivity index (χ0n) is 12.3. The molecular formula is C14H20O4S2. The fourth-order valence-electron chi connectivity index (χ4n) is 1.66. The van der Waals surface area contributed by atoms with E-state index in [-0.39, 0.29) is 11.9 Å². The third-order valence-electron chi connectivity index (χ3n) is 2.69. The first-order valence-electron chi connectivity index (χ1n) is 6.42. The molecule has 0 saturated heterocycles. The van der Waals surface area contributed by atoms with Crippen LogP contribution in [0.15, 0.2) is 22.6 Å². The smallest absolute Gasteiger partial charge is 0.344 e. The van der Waals surface area contributed by atoms with Crippen LogP contribution in [0.1, 0.15) is 27.7 Å². The second-order valence-electron chi connectivity index (χ2n) is 4.34. The summed E-state index contributed by atoms with van der Waals surface area (Å²) in [5, 5.41) is 0. The average molecular weight is 316 g/mol. The summed E-state index contributed by atoms with van der Waals surface area (Å²) >= 11 is 2.62. The Bertz CT molecular complexity index is 456. The van der Waals surface area contributed by atoms with E-state index in [9.17, 15) is 9.59 Å². The van der Waals surface area contributed by atoms with E-state index in [1.807, 2.05) is 6.92 Å². The van der Waals surface area contributed by atoms with Gasteiger partial charge in [0.2, 0.25) is 0 Å². The van der Waals surface area contributed by atoms with Gasteiger partial charge in [-0.15, -0.1) is 11.8 Å². The van der Waals surface area contributed by atoms with Crippen LogP contribution in [-0.4, -0.2) is 35.0 Å². The molecule has 0 saturated carbocycles. The molecule has 1 unspecified atom stereocenters. The van der Waals surface area contributed by atoms with E-state index in [1.54, 1.807) is 20.8 Å². The molecule has 0 bridgehead atoms. The third-order valence-corrected chi connectivity index (χ3v) is 6.32. The molecule has 6 heteroatoms. The van der Waals surface area contributed by atoms with Gasteiger partial charge in [0.1, 0.15) is 0 Å². The van der Waals surface area contributed by atoms with Gasteiger partial charge in [0.15, 0.2) is 4.08 Å². The monoisotopic (exact) mass is 316 g/mol. The fraction of sp³-hybridized carbons (Fsp3) is 0.571. The Morgan fingerprint density at radius 2 is 1.90 bits per heavy atom. The summed E-state index contributed by atoms with van der Waals surface area (Å²) in [5.41, 5.74) is 1.58. The molecule has 20 heavy (non-hydrogen) atoms. The summed E-state index contributed by atoms with van der Waals surface area (Å²) in [7, 11) is 0. The predicted molar refractivity (Wildman–Crippen MR) is 83.6 cm³/mol. The van der Waals surface area contributed by atoms with E-state index in [0.717, 1.165) is 5.57 Å². The lowest BCUT2D eigenvalue weighted by Crippen LogP contribution is -2.38. The highest BCUT2D eigenvalue weighted by molar-refractivity contribution is 8.22. The van der Waals surface area contributed by atoms with Gasteiger partial charge in [-0.25, -0.2) is 9.59 Å². The molecular weight excluding hydrogens is 296 g/mol. The topological polar surface area (TPSA) is 52.6 Å². The lowest BCUT2D eigenvalue weighted by atomic mass is 10.2. The molecule has 1 atom stereocenters. The van der Waals surface area contributed by atoms with Crippen molar-refractivity contribution >= 4 is 35.5 Å². The average Bonchev–Trinajstić information content (AvgIpc) is 2.39. The molecule has 1 aliphatic heterocycles. The van der Waals surface area contributed by atoms with Crippen LogP contribution in [0, 0.1) is 0 Å². The van der Waals surface area contributed by atoms with Gasteiger partial charge in [-0.3, -0.25) is 0 Å². The Labute approximate surface area is 128 Å². The first-order valence-corrected chi connectivity index (χ1v) is 8.22. The molecule has 0 aromatic rings. The minimum Gasteiger partial charge on any atom is -0.464 e. The predicted octanol–water partition coefficient (Wildman–Crippen LogP) is 3.14. The SMILES string of the molecule is C=C(C)C1(C(=O)OCC)SCC(C)=C(C(=O)OCC)S1. The minimum atomic E-state index is -0.961. The summed E-state index contributed by atoms with van der Waals surface area (Å²) in [5.74, 6) is -0.172. The molecule has 0 radical (unpaired) electrons. The molecule has 1 aliphatic rings. The van der Waals surface area contributed by atoms with Crippen molar-refractivity contribution in [2.45, 2.75) is 31.8 Å². The van der Waals surface area contributed by atoms with Gasteiger partial charge in [-0.2, -0.15) is 0 Å². The standard InChI is InChI=1S/C14H20O4S2/c1-6-17-12(15)11-10(5)8-19-14(20-11,9(3)4)13(16)18-7-2/h3,6-8H2,1-2,4-5H3. The number of carbonyl (C=O) groups is 2. The van der Waals surface area contributed by atoms with Crippen molar-refractivity contribution < 1.29 is 19.1 Å². The van der Waals surface area contributed by atoms with Crippen LogP contribution in [0.25, 0.3) is 0 Å². The second-order valence-corrected chi connectivity index (χ2v) is 7.01. The van der Waals surface area contributed by atoms with Gasteiger partial charge < -0.3 is 9.47 Å². The van der Waals surface area contributed by atoms with E-state index < -0.39 is 4.08 Å². The van der Waals surface area contributed by atoms with Crippen molar-refractivity contribution in [3.05, 3.63) is 22.6 Å². The Kier molecular flexibility index (Phi) is 6.20. The highest BCUT2D eigenvalue weighted by atomic mass is 32.2. The molecule has 0 aliphatic carbocycles. The van der Waals surface area contributed by atoms with Crippen molar-refractivity contribution in [2.75, 3.05) is 19.0 Å². The number of esters is 2. The molecule has 4 nitrogen and oxygen atoms in total. The number of hydrogen-bond donors (Lipinski definition) is 0. The van der Waals surface area contributed by atoms with Crippen LogP contribution in [0.3, 0.4) is 0 Å². The molecule has 112 valence electrons. The summed E-state index contributed by atoms with van der Waals surface area (Å²) in [6, 6.07) is 0. The van der Waals surface area contributed by atoms with E-state index in [4.69, 9.17) is 9.47 Å². The Hall–Kier alpha value is -0.880. The molecule has 0 fully saturated rings. The van der Waals surface area contributed by atoms with Gasteiger partial charge in [0, 0.05) is 5.75 Å². The van der Waals surface area contributed by atoms with E-state index in [2.05, 4.69) is 6.58 Å². The number of carbonyl (C=O) groups excluding carboxylic acids is 2. The second kappa shape index (κ2) is 7.22. The quantitative estimate of drug-likeness (QED) is 0.574. The highest BCUT2D eigenvalue weighted by Gasteiger charge is 2.47. The fourth-order valence-corrected chi connectivity index (χ4v) is 4.39. The van der Waals surface area contributed by atoms with Crippen LogP contribution in [0.2, 0.25) is 0 Å². The van der Waals surface area contributed by atoms with Gasteiger partial charge >= 0.3 is 11.9 Å². The van der Waals surface area contributed by atoms with Gasteiger partial charge in [0.05, 0.1) is 18.1 Å². The van der Waals surface area contributed by atoms with E-state index >= 15 is 0 Å². The normalized spacial score (nSPS) is 22.4. The maximum Gasteiger partial charge on any atom is 0.344 e. The number of rotatable bonds is 5. The largest absolute Gasteiger partial charge is 0.464 e. The Morgan fingerprint density at radius 3 is 2.40 bits per heavy atom. The van der Waals surface area contributed by atoms with Crippen LogP contribution in [-0.2, 0) is 19.1 Å².